The topological polar surface area (TPSA) is 155 Å². The number of ether oxygens (including phenoxy) is 1. The number of aromatic nitrogens is 4. The zero-order valence-corrected chi connectivity index (χ0v) is 37.4. The molecule has 4 heterocycles. The van der Waals surface area contributed by atoms with Crippen LogP contribution in [-0.2, 0) is 32.6 Å². The fourth-order valence-electron chi connectivity index (χ4n) is 7.71. The molecule has 1 atom stereocenters. The molecule has 0 radical (unpaired) electrons. The Bertz CT molecular complexity index is 2370. The highest BCUT2D eigenvalue weighted by atomic mass is 32.1. The fraction of sp³-hybridized carbons (Fsp3) is 0.455. The number of benzene rings is 2. The van der Waals surface area contributed by atoms with Crippen LogP contribution in [0.2, 0.25) is 18.1 Å². The SMILES string of the molecule is CN(CCCn1nnc2cc(CNC[C@@H](O[Si](C)(C)C(C)(C)C)c3ccc(O)c4[nH]c(=O)ccc34)ccc21)C1CCC(OC(=O)C(O)(c2cccs2)c2cccs2)CC1. The summed E-state index contributed by atoms with van der Waals surface area (Å²) in [5.74, 6) is -0.563. The van der Waals surface area contributed by atoms with Crippen LogP contribution < -0.4 is 10.9 Å². The van der Waals surface area contributed by atoms with Crippen molar-refractivity contribution in [2.24, 2.45) is 0 Å². The predicted octanol–water partition coefficient (Wildman–Crippen LogP) is 8.07. The summed E-state index contributed by atoms with van der Waals surface area (Å²) in [4.78, 5) is 31.9. The smallest absolute Gasteiger partial charge is 0.349 e. The standard InChI is InChI=1S/C44H56N6O6S2Si/c1-43(2,3)59(5,6)56-37(32-17-20-36(51)41-33(32)18-21-40(52)46-41)28-45-27-29-12-19-35-34(26-29)47-48-50(35)23-9-22-49(4)30-13-15-31(16-14-30)55-42(53)44(54,38-10-7-24-57-38)39-11-8-25-58-39/h7-8,10-12,17-21,24-26,30-31,37,45,51,54H,9,13-16,22-23,27-28H2,1-6H3,(H,46,52)/t30?,31?,37-/m1/s1. The van der Waals surface area contributed by atoms with Gasteiger partial charge in [-0.2, -0.15) is 0 Å². The number of hydrogen-bond donors (Lipinski definition) is 4. The van der Waals surface area contributed by atoms with E-state index < -0.39 is 19.9 Å². The lowest BCUT2D eigenvalue weighted by atomic mass is 9.91. The Kier molecular flexibility index (Phi) is 12.9. The molecule has 2 aromatic carbocycles. The van der Waals surface area contributed by atoms with Gasteiger partial charge in [-0.05, 0) is 122 Å². The maximum atomic E-state index is 13.4. The zero-order chi connectivity index (χ0) is 42.0. The Morgan fingerprint density at radius 3 is 2.41 bits per heavy atom. The number of phenols is 1. The van der Waals surface area contributed by atoms with Crippen molar-refractivity contribution in [3.05, 3.63) is 109 Å². The van der Waals surface area contributed by atoms with Crippen LogP contribution in [0.4, 0.5) is 0 Å². The molecule has 12 nitrogen and oxygen atoms in total. The van der Waals surface area contributed by atoms with E-state index in [2.05, 4.69) is 84.6 Å². The van der Waals surface area contributed by atoms with E-state index in [0.717, 1.165) is 72.7 Å². The average Bonchev–Trinajstić information content (AvgIpc) is 4.02. The van der Waals surface area contributed by atoms with Crippen molar-refractivity contribution >= 4 is 58.9 Å². The van der Waals surface area contributed by atoms with Crippen molar-refractivity contribution in [2.45, 2.75) is 108 Å². The van der Waals surface area contributed by atoms with Gasteiger partial charge in [0.15, 0.2) is 8.32 Å². The van der Waals surface area contributed by atoms with E-state index in [4.69, 9.17) is 9.16 Å². The van der Waals surface area contributed by atoms with Gasteiger partial charge in [0.1, 0.15) is 17.4 Å². The Morgan fingerprint density at radius 2 is 1.75 bits per heavy atom. The molecule has 314 valence electrons. The summed E-state index contributed by atoms with van der Waals surface area (Å²) in [5.41, 5.74) is 2.21. The lowest BCUT2D eigenvalue weighted by Gasteiger charge is -2.39. The van der Waals surface area contributed by atoms with E-state index >= 15 is 0 Å². The predicted molar refractivity (Wildman–Crippen MR) is 238 cm³/mol. The number of H-pyrrole nitrogens is 1. The number of carbonyl (C=O) groups excluding carboxylic acids is 1. The molecule has 0 amide bonds. The quantitative estimate of drug-likeness (QED) is 0.0555. The van der Waals surface area contributed by atoms with Gasteiger partial charge in [-0.3, -0.25) is 4.79 Å². The van der Waals surface area contributed by atoms with E-state index in [9.17, 15) is 19.8 Å². The Balaban J connectivity index is 0.910. The highest BCUT2D eigenvalue weighted by molar-refractivity contribution is 7.12. The Labute approximate surface area is 354 Å². The molecule has 59 heavy (non-hydrogen) atoms. The summed E-state index contributed by atoms with van der Waals surface area (Å²) in [5, 5.41) is 39.2. The van der Waals surface area contributed by atoms with Crippen molar-refractivity contribution in [3.63, 3.8) is 0 Å². The van der Waals surface area contributed by atoms with Crippen LogP contribution in [0.25, 0.3) is 21.9 Å². The maximum Gasteiger partial charge on any atom is 0.349 e. The van der Waals surface area contributed by atoms with Gasteiger partial charge in [0, 0.05) is 37.1 Å². The normalized spacial score (nSPS) is 17.2. The first-order valence-electron chi connectivity index (χ1n) is 20.4. The number of aromatic hydroxyl groups is 1. The van der Waals surface area contributed by atoms with E-state index in [1.807, 2.05) is 33.6 Å². The minimum atomic E-state index is -2.21. The second-order valence-corrected chi connectivity index (χ2v) is 23.9. The maximum absolute atomic E-state index is 13.4. The molecule has 0 saturated heterocycles. The summed E-state index contributed by atoms with van der Waals surface area (Å²) < 4.78 is 14.9. The van der Waals surface area contributed by atoms with Crippen molar-refractivity contribution in [1.29, 1.82) is 0 Å². The molecule has 1 aliphatic rings. The number of carbonyl (C=O) groups is 1. The first-order chi connectivity index (χ1) is 28.1. The van der Waals surface area contributed by atoms with Gasteiger partial charge in [-0.15, -0.1) is 27.8 Å². The number of hydrogen-bond acceptors (Lipinski definition) is 12. The van der Waals surface area contributed by atoms with Gasteiger partial charge in [0.25, 0.3) is 0 Å². The average molecular weight is 857 g/mol. The first-order valence-corrected chi connectivity index (χ1v) is 25.1. The molecule has 1 aliphatic carbocycles. The van der Waals surface area contributed by atoms with Gasteiger partial charge < -0.3 is 34.6 Å². The summed E-state index contributed by atoms with van der Waals surface area (Å²) >= 11 is 2.71. The monoisotopic (exact) mass is 856 g/mol. The summed E-state index contributed by atoms with van der Waals surface area (Å²) in [6.45, 7) is 13.9. The minimum absolute atomic E-state index is 0.0126. The molecule has 0 spiro atoms. The number of phenolic OH excluding ortho intramolecular Hbond substituents is 1. The van der Waals surface area contributed by atoms with Crippen LogP contribution >= 0.6 is 22.7 Å². The third-order valence-electron chi connectivity index (χ3n) is 12.2. The van der Waals surface area contributed by atoms with Gasteiger partial charge in [-0.25, -0.2) is 9.48 Å². The highest BCUT2D eigenvalue weighted by Gasteiger charge is 2.45. The number of pyridine rings is 1. The van der Waals surface area contributed by atoms with E-state index in [1.54, 1.807) is 24.3 Å². The van der Waals surface area contributed by atoms with Crippen molar-refractivity contribution < 1.29 is 24.2 Å². The van der Waals surface area contributed by atoms with Gasteiger partial charge in [-0.1, -0.05) is 50.3 Å². The number of aromatic amines is 1. The lowest BCUT2D eigenvalue weighted by molar-refractivity contribution is -0.169. The number of nitrogens with zero attached hydrogens (tertiary/aromatic N) is 4. The first kappa shape index (κ1) is 42.9. The number of fused-ring (bicyclic) bond motifs is 2. The molecular weight excluding hydrogens is 801 g/mol. The summed E-state index contributed by atoms with van der Waals surface area (Å²) in [6, 6.07) is 20.7. The van der Waals surface area contributed by atoms with Crippen molar-refractivity contribution in [3.8, 4) is 5.75 Å². The van der Waals surface area contributed by atoms with Gasteiger partial charge in [0.05, 0.1) is 26.9 Å². The molecule has 0 aliphatic heterocycles. The fourth-order valence-corrected chi connectivity index (χ4v) is 10.7. The van der Waals surface area contributed by atoms with E-state index in [-0.39, 0.29) is 28.6 Å². The van der Waals surface area contributed by atoms with Crippen LogP contribution in [0.5, 0.6) is 5.75 Å². The second-order valence-electron chi connectivity index (χ2n) is 17.3. The lowest BCUT2D eigenvalue weighted by Crippen LogP contribution is -2.43. The molecule has 4 N–H and O–H groups in total. The largest absolute Gasteiger partial charge is 0.506 e. The number of thiophene rings is 2. The Hall–Kier alpha value is -4.22. The Morgan fingerprint density at radius 1 is 1.03 bits per heavy atom. The molecular formula is C44H56N6O6S2Si. The molecule has 1 saturated carbocycles. The molecule has 15 heteroatoms. The van der Waals surface area contributed by atoms with E-state index in [0.29, 0.717) is 34.4 Å². The van der Waals surface area contributed by atoms with Crippen LogP contribution in [-0.4, -0.2) is 81.7 Å². The molecule has 0 bridgehead atoms. The molecule has 0 unspecified atom stereocenters. The third-order valence-corrected chi connectivity index (χ3v) is 18.6. The number of aryl methyl sites for hydroxylation is 1. The van der Waals surface area contributed by atoms with E-state index in [1.165, 1.54) is 28.7 Å². The zero-order valence-electron chi connectivity index (χ0n) is 34.7. The van der Waals surface area contributed by atoms with Crippen molar-refractivity contribution in [2.75, 3.05) is 20.1 Å². The van der Waals surface area contributed by atoms with Gasteiger partial charge >= 0.3 is 5.97 Å². The van der Waals surface area contributed by atoms with Gasteiger partial charge in [0.2, 0.25) is 11.2 Å². The van der Waals surface area contributed by atoms with Crippen LogP contribution in [0, 0.1) is 0 Å². The van der Waals surface area contributed by atoms with Crippen molar-refractivity contribution in [1.82, 2.24) is 30.2 Å². The molecule has 4 aromatic heterocycles. The third kappa shape index (κ3) is 9.41. The molecule has 1 fully saturated rings. The van der Waals surface area contributed by atoms with Crippen LogP contribution in [0.1, 0.15) is 79.9 Å². The minimum Gasteiger partial charge on any atom is -0.506 e. The number of nitrogens with one attached hydrogen (secondary N) is 2. The highest BCUT2D eigenvalue weighted by Crippen LogP contribution is 2.42. The molecule has 6 aromatic rings. The number of aliphatic hydroxyl groups is 1. The number of rotatable bonds is 16. The second kappa shape index (κ2) is 17.8. The summed E-state index contributed by atoms with van der Waals surface area (Å²) in [7, 11) is -0.0444. The molecule has 7 rings (SSSR count). The van der Waals surface area contributed by atoms with Crippen LogP contribution in [0.3, 0.4) is 0 Å². The number of esters is 1. The summed E-state index contributed by atoms with van der Waals surface area (Å²) in [6.07, 6.45) is 3.75. The van der Waals surface area contributed by atoms with Crippen LogP contribution in [0.15, 0.2) is 82.3 Å².